The molecule has 0 N–H and O–H groups in total. The lowest BCUT2D eigenvalue weighted by atomic mass is 10.0. The minimum Gasteiger partial charge on any atom is -0.489 e. The summed E-state index contributed by atoms with van der Waals surface area (Å²) in [5, 5.41) is 0.851. The maximum Gasteiger partial charge on any atom is 0.126 e. The zero-order valence-electron chi connectivity index (χ0n) is 12.7. The van der Waals surface area contributed by atoms with Gasteiger partial charge in [0.05, 0.1) is 6.26 Å². The first-order valence-electron chi connectivity index (χ1n) is 7.55. The number of furan rings is 1. The second-order valence-electron chi connectivity index (χ2n) is 5.53. The lowest BCUT2D eigenvalue weighted by Gasteiger charge is -2.14. The van der Waals surface area contributed by atoms with E-state index in [0.717, 1.165) is 42.5 Å². The van der Waals surface area contributed by atoms with Gasteiger partial charge in [0.15, 0.2) is 0 Å². The topological polar surface area (TPSA) is 25.6 Å². The van der Waals surface area contributed by atoms with Gasteiger partial charge < -0.3 is 14.1 Å². The highest BCUT2D eigenvalue weighted by atomic mass is 35.5. The fourth-order valence-electron chi connectivity index (χ4n) is 2.73. The van der Waals surface area contributed by atoms with Crippen LogP contribution < -0.4 is 4.74 Å². The predicted octanol–water partition coefficient (Wildman–Crippen LogP) is 4.06. The van der Waals surface area contributed by atoms with Crippen LogP contribution >= 0.6 is 11.6 Å². The molecule has 3 rings (SSSR count). The van der Waals surface area contributed by atoms with Crippen LogP contribution in [0.25, 0.3) is 6.08 Å². The third kappa shape index (κ3) is 3.54. The van der Waals surface area contributed by atoms with Crippen molar-refractivity contribution in [3.63, 3.8) is 0 Å². The van der Waals surface area contributed by atoms with E-state index in [4.69, 9.17) is 20.8 Å². The van der Waals surface area contributed by atoms with Crippen molar-refractivity contribution < 1.29 is 9.15 Å². The van der Waals surface area contributed by atoms with E-state index in [-0.39, 0.29) is 0 Å². The Hall–Kier alpha value is -1.71. The number of halogens is 1. The van der Waals surface area contributed by atoms with Crippen molar-refractivity contribution in [2.75, 3.05) is 26.7 Å². The fraction of sp³-hybridized carbons (Fsp3) is 0.333. The van der Waals surface area contributed by atoms with Gasteiger partial charge in [-0.25, -0.2) is 0 Å². The average molecular weight is 318 g/mol. The lowest BCUT2D eigenvalue weighted by molar-refractivity contribution is 0.344. The maximum atomic E-state index is 6.36. The van der Waals surface area contributed by atoms with E-state index in [9.17, 15) is 0 Å². The number of rotatable bonds is 4. The summed E-state index contributed by atoms with van der Waals surface area (Å²) in [6.07, 6.45) is 7.49. The molecular formula is C18H20ClNO2. The van der Waals surface area contributed by atoms with Gasteiger partial charge in [0, 0.05) is 23.7 Å². The molecule has 116 valence electrons. The molecule has 0 atom stereocenters. The van der Waals surface area contributed by atoms with E-state index in [0.29, 0.717) is 6.61 Å². The summed E-state index contributed by atoms with van der Waals surface area (Å²) >= 11 is 6.36. The Morgan fingerprint density at radius 2 is 2.05 bits per heavy atom. The minimum atomic E-state index is 0.518. The van der Waals surface area contributed by atoms with Gasteiger partial charge in [-0.1, -0.05) is 11.6 Å². The van der Waals surface area contributed by atoms with Crippen molar-refractivity contribution in [3.8, 4) is 5.75 Å². The van der Waals surface area contributed by atoms with Gasteiger partial charge >= 0.3 is 0 Å². The third-order valence-corrected chi connectivity index (χ3v) is 4.33. The highest BCUT2D eigenvalue weighted by molar-refractivity contribution is 6.31. The monoisotopic (exact) mass is 317 g/mol. The summed E-state index contributed by atoms with van der Waals surface area (Å²) in [4.78, 5) is 2.33. The van der Waals surface area contributed by atoms with Gasteiger partial charge in [0.25, 0.3) is 0 Å². The van der Waals surface area contributed by atoms with E-state index in [1.165, 1.54) is 11.1 Å². The Kier molecular flexibility index (Phi) is 4.86. The number of nitrogens with zero attached hydrogens (tertiary/aromatic N) is 1. The average Bonchev–Trinajstić information content (AvgIpc) is 2.95. The van der Waals surface area contributed by atoms with Gasteiger partial charge in [0.2, 0.25) is 0 Å². The molecule has 0 saturated heterocycles. The van der Waals surface area contributed by atoms with E-state index in [1.54, 1.807) is 6.26 Å². The molecule has 0 amide bonds. The third-order valence-electron chi connectivity index (χ3n) is 3.98. The van der Waals surface area contributed by atoms with Gasteiger partial charge in [-0.3, -0.25) is 0 Å². The molecular weight excluding hydrogens is 298 g/mol. The molecule has 0 bridgehead atoms. The summed E-state index contributed by atoms with van der Waals surface area (Å²) in [5.41, 5.74) is 2.49. The van der Waals surface area contributed by atoms with Crippen LogP contribution in [0, 0.1) is 0 Å². The van der Waals surface area contributed by atoms with E-state index >= 15 is 0 Å². The van der Waals surface area contributed by atoms with Crippen LogP contribution in [0.15, 0.2) is 41.0 Å². The molecule has 3 nitrogen and oxygen atoms in total. The van der Waals surface area contributed by atoms with E-state index in [2.05, 4.69) is 11.9 Å². The zero-order valence-corrected chi connectivity index (χ0v) is 13.5. The molecule has 4 heteroatoms. The lowest BCUT2D eigenvalue weighted by Crippen LogP contribution is -2.20. The molecule has 2 aromatic rings. The van der Waals surface area contributed by atoms with Crippen LogP contribution in [-0.2, 0) is 12.8 Å². The number of hydrogen-bond donors (Lipinski definition) is 0. The smallest absolute Gasteiger partial charge is 0.126 e. The Labute approximate surface area is 136 Å². The van der Waals surface area contributed by atoms with Gasteiger partial charge in [0.1, 0.15) is 18.1 Å². The Morgan fingerprint density at radius 3 is 2.82 bits per heavy atom. The second kappa shape index (κ2) is 7.03. The first-order valence-corrected chi connectivity index (χ1v) is 7.93. The van der Waals surface area contributed by atoms with Crippen molar-refractivity contribution in [1.82, 2.24) is 4.90 Å². The van der Waals surface area contributed by atoms with Gasteiger partial charge in [-0.15, -0.1) is 0 Å². The quantitative estimate of drug-likeness (QED) is 0.850. The predicted molar refractivity (Wildman–Crippen MR) is 89.6 cm³/mol. The summed E-state index contributed by atoms with van der Waals surface area (Å²) in [5.74, 6) is 1.78. The molecule has 0 saturated carbocycles. The van der Waals surface area contributed by atoms with Crippen LogP contribution in [0.5, 0.6) is 5.75 Å². The molecule has 1 aromatic heterocycles. The Morgan fingerprint density at radius 1 is 1.23 bits per heavy atom. The maximum absolute atomic E-state index is 6.36. The number of benzene rings is 1. The Bertz CT molecular complexity index is 649. The highest BCUT2D eigenvalue weighted by Crippen LogP contribution is 2.31. The minimum absolute atomic E-state index is 0.518. The fourth-order valence-corrected chi connectivity index (χ4v) is 3.00. The first kappa shape index (κ1) is 15.2. The molecule has 0 fully saturated rings. The molecule has 1 aliphatic heterocycles. The van der Waals surface area contributed by atoms with Gasteiger partial charge in [-0.05, 0) is 61.9 Å². The van der Waals surface area contributed by atoms with Crippen molar-refractivity contribution >= 4 is 17.7 Å². The Balaban J connectivity index is 1.71. The number of hydrogen-bond acceptors (Lipinski definition) is 3. The summed E-state index contributed by atoms with van der Waals surface area (Å²) < 4.78 is 11.2. The van der Waals surface area contributed by atoms with Crippen LogP contribution in [0.1, 0.15) is 16.9 Å². The van der Waals surface area contributed by atoms with Crippen molar-refractivity contribution in [2.24, 2.45) is 0 Å². The summed E-state index contributed by atoms with van der Waals surface area (Å²) in [7, 11) is 2.15. The molecule has 1 aliphatic rings. The molecule has 0 aliphatic carbocycles. The summed E-state index contributed by atoms with van der Waals surface area (Å²) in [6, 6.07) is 7.71. The highest BCUT2D eigenvalue weighted by Gasteiger charge is 2.17. The van der Waals surface area contributed by atoms with Gasteiger partial charge in [-0.2, -0.15) is 0 Å². The van der Waals surface area contributed by atoms with Crippen LogP contribution in [-0.4, -0.2) is 31.6 Å². The normalized spacial score (nSPS) is 15.7. The van der Waals surface area contributed by atoms with Crippen LogP contribution in [0.4, 0.5) is 0 Å². The zero-order chi connectivity index (χ0) is 15.4. The standard InChI is InChI=1S/C18H20ClNO2/c1-20-10-8-15-16(9-11-20)18(7-6-17(15)19)22-13-3-5-14-4-2-12-21-14/h2-7,12H,8-11,13H2,1H3/b5-3+. The largest absolute Gasteiger partial charge is 0.489 e. The molecule has 22 heavy (non-hydrogen) atoms. The van der Waals surface area contributed by atoms with E-state index in [1.807, 2.05) is 36.4 Å². The number of likely N-dealkylation sites (N-methyl/N-ethyl adjacent to an activating group) is 1. The second-order valence-corrected chi connectivity index (χ2v) is 5.94. The van der Waals surface area contributed by atoms with E-state index < -0.39 is 0 Å². The van der Waals surface area contributed by atoms with Crippen LogP contribution in [0.3, 0.4) is 0 Å². The van der Waals surface area contributed by atoms with Crippen molar-refractivity contribution in [1.29, 1.82) is 0 Å². The number of ether oxygens (including phenoxy) is 1. The van der Waals surface area contributed by atoms with Crippen molar-refractivity contribution in [2.45, 2.75) is 12.8 Å². The van der Waals surface area contributed by atoms with Crippen LogP contribution in [0.2, 0.25) is 5.02 Å². The first-order chi connectivity index (χ1) is 10.7. The molecule has 0 spiro atoms. The SMILES string of the molecule is CN1CCc2c(Cl)ccc(OC/C=C/c3ccco3)c2CC1. The van der Waals surface area contributed by atoms with Crippen molar-refractivity contribution in [3.05, 3.63) is 58.5 Å². The summed E-state index contributed by atoms with van der Waals surface area (Å²) in [6.45, 7) is 2.59. The molecule has 2 heterocycles. The molecule has 1 aromatic carbocycles. The molecule has 0 unspecified atom stereocenters. The number of fused-ring (bicyclic) bond motifs is 1. The molecule has 0 radical (unpaired) electrons.